The van der Waals surface area contributed by atoms with Crippen molar-refractivity contribution in [2.75, 3.05) is 21.3 Å². The number of aromatic nitrogens is 1. The van der Waals surface area contributed by atoms with E-state index in [1.165, 1.54) is 24.8 Å². The number of aryl methyl sites for hydroxylation is 1. The van der Waals surface area contributed by atoms with Gasteiger partial charge in [0.25, 0.3) is 5.91 Å². The average Bonchev–Trinajstić information content (AvgIpc) is 3.15. The average molecular weight is 451 g/mol. The molecule has 6 nitrogen and oxygen atoms in total. The topological polar surface area (TPSA) is 75.7 Å². The number of rotatable bonds is 11. The Hall–Kier alpha value is -3.41. The maximum atomic E-state index is 12.1. The second-order valence-electron chi connectivity index (χ2n) is 8.17. The zero-order valence-electron chi connectivity index (χ0n) is 20.2. The van der Waals surface area contributed by atoms with Crippen LogP contribution in [0.1, 0.15) is 53.4 Å². The van der Waals surface area contributed by atoms with Crippen LogP contribution in [-0.2, 0) is 13.0 Å². The Morgan fingerprint density at radius 2 is 1.55 bits per heavy atom. The van der Waals surface area contributed by atoms with Crippen molar-refractivity contribution < 1.29 is 19.0 Å². The van der Waals surface area contributed by atoms with Crippen molar-refractivity contribution in [3.05, 3.63) is 64.8 Å². The largest absolute Gasteiger partial charge is 0.493 e. The number of amides is 1. The summed E-state index contributed by atoms with van der Waals surface area (Å²) < 4.78 is 18.6. The van der Waals surface area contributed by atoms with Crippen molar-refractivity contribution in [1.82, 2.24) is 4.57 Å². The number of hydrogen-bond donors (Lipinski definition) is 1. The second-order valence-corrected chi connectivity index (χ2v) is 8.17. The summed E-state index contributed by atoms with van der Waals surface area (Å²) in [7, 11) is 4.78. The first-order valence-electron chi connectivity index (χ1n) is 11.3. The molecular formula is C27H34N2O4. The van der Waals surface area contributed by atoms with Crippen LogP contribution < -0.4 is 19.9 Å². The molecule has 0 aliphatic rings. The number of nitrogens with two attached hydrogens (primary N) is 1. The number of benzene rings is 2. The fraction of sp³-hybridized carbons (Fsp3) is 0.370. The van der Waals surface area contributed by atoms with Crippen molar-refractivity contribution in [2.45, 2.75) is 46.1 Å². The molecular weight excluding hydrogens is 416 g/mol. The van der Waals surface area contributed by atoms with Gasteiger partial charge in [0.2, 0.25) is 5.75 Å². The highest BCUT2D eigenvalue weighted by molar-refractivity contribution is 5.95. The van der Waals surface area contributed by atoms with Gasteiger partial charge in [0.15, 0.2) is 11.5 Å². The Morgan fingerprint density at radius 1 is 0.909 bits per heavy atom. The number of carbonyl (C=O) groups is 1. The van der Waals surface area contributed by atoms with E-state index < -0.39 is 5.91 Å². The van der Waals surface area contributed by atoms with Gasteiger partial charge in [-0.2, -0.15) is 0 Å². The summed E-state index contributed by atoms with van der Waals surface area (Å²) in [5.74, 6) is 1.28. The van der Waals surface area contributed by atoms with E-state index in [4.69, 9.17) is 19.9 Å². The van der Waals surface area contributed by atoms with Crippen molar-refractivity contribution >= 4 is 5.91 Å². The molecule has 3 rings (SSSR count). The van der Waals surface area contributed by atoms with E-state index in [0.29, 0.717) is 29.4 Å². The maximum Gasteiger partial charge on any atom is 0.250 e. The molecule has 6 heteroatoms. The van der Waals surface area contributed by atoms with Gasteiger partial charge >= 0.3 is 0 Å². The lowest BCUT2D eigenvalue weighted by atomic mass is 10.0. The molecule has 0 spiro atoms. The molecule has 0 saturated heterocycles. The van der Waals surface area contributed by atoms with E-state index >= 15 is 0 Å². The maximum absolute atomic E-state index is 12.1. The number of nitrogens with zero attached hydrogens (tertiary/aromatic N) is 1. The van der Waals surface area contributed by atoms with Gasteiger partial charge in [0, 0.05) is 17.9 Å². The quantitative estimate of drug-likeness (QED) is 0.399. The Bertz CT molecular complexity index is 1080. The summed E-state index contributed by atoms with van der Waals surface area (Å²) in [5, 5.41) is 0. The Balaban J connectivity index is 2.02. The molecule has 2 N–H and O–H groups in total. The Labute approximate surface area is 196 Å². The minimum Gasteiger partial charge on any atom is -0.493 e. The molecule has 33 heavy (non-hydrogen) atoms. The highest BCUT2D eigenvalue weighted by Crippen LogP contribution is 2.39. The van der Waals surface area contributed by atoms with Crippen LogP contribution in [-0.4, -0.2) is 31.8 Å². The molecule has 2 aromatic carbocycles. The number of carbonyl (C=O) groups excluding carboxylic acids is 1. The zero-order chi connectivity index (χ0) is 24.0. The Morgan fingerprint density at radius 3 is 2.06 bits per heavy atom. The van der Waals surface area contributed by atoms with Gasteiger partial charge in [-0.15, -0.1) is 0 Å². The molecule has 0 saturated carbocycles. The van der Waals surface area contributed by atoms with Gasteiger partial charge in [0.05, 0.1) is 26.9 Å². The van der Waals surface area contributed by atoms with Gasteiger partial charge in [-0.05, 0) is 54.7 Å². The van der Waals surface area contributed by atoms with E-state index in [-0.39, 0.29) is 0 Å². The van der Waals surface area contributed by atoms with Crippen molar-refractivity contribution in [3.8, 4) is 28.5 Å². The van der Waals surface area contributed by atoms with Gasteiger partial charge in [0.1, 0.15) is 0 Å². The van der Waals surface area contributed by atoms with E-state index in [1.54, 1.807) is 21.3 Å². The first kappa shape index (κ1) is 24.2. The van der Waals surface area contributed by atoms with Gasteiger partial charge < -0.3 is 24.5 Å². The van der Waals surface area contributed by atoms with Gasteiger partial charge in [-0.25, -0.2) is 0 Å². The smallest absolute Gasteiger partial charge is 0.250 e. The second kappa shape index (κ2) is 10.9. The van der Waals surface area contributed by atoms with Crippen LogP contribution in [0.25, 0.3) is 11.3 Å². The first-order chi connectivity index (χ1) is 15.9. The highest BCUT2D eigenvalue weighted by Gasteiger charge is 2.19. The Kier molecular flexibility index (Phi) is 8.04. The van der Waals surface area contributed by atoms with Crippen molar-refractivity contribution in [3.63, 3.8) is 0 Å². The number of ether oxygens (including phenoxy) is 3. The molecule has 0 aliphatic heterocycles. The minimum absolute atomic E-state index is 0.437. The molecule has 3 aromatic rings. The third kappa shape index (κ3) is 5.33. The predicted molar refractivity (Wildman–Crippen MR) is 132 cm³/mol. The number of primary amides is 1. The van der Waals surface area contributed by atoms with E-state index in [1.807, 2.05) is 25.1 Å². The number of hydrogen-bond acceptors (Lipinski definition) is 4. The van der Waals surface area contributed by atoms with Crippen LogP contribution in [0, 0.1) is 6.92 Å². The van der Waals surface area contributed by atoms with Crippen LogP contribution in [0.4, 0.5) is 0 Å². The molecule has 0 bridgehead atoms. The predicted octanol–water partition coefficient (Wildman–Crippen LogP) is 5.37. The molecule has 0 atom stereocenters. The van der Waals surface area contributed by atoms with E-state index in [2.05, 4.69) is 35.8 Å². The fourth-order valence-corrected chi connectivity index (χ4v) is 4.17. The van der Waals surface area contributed by atoms with Crippen LogP contribution in [0.2, 0.25) is 0 Å². The lowest BCUT2D eigenvalue weighted by molar-refractivity contribution is 0.0999. The number of unbranched alkanes of at least 4 members (excludes halogenated alkanes) is 2. The molecule has 0 fully saturated rings. The summed E-state index contributed by atoms with van der Waals surface area (Å²) in [5.41, 5.74) is 11.3. The van der Waals surface area contributed by atoms with Crippen LogP contribution in [0.3, 0.4) is 0 Å². The number of methoxy groups -OCH3 is 3. The summed E-state index contributed by atoms with van der Waals surface area (Å²) in [4.78, 5) is 12.1. The summed E-state index contributed by atoms with van der Waals surface area (Å²) in [6.07, 6.45) is 4.71. The third-order valence-corrected chi connectivity index (χ3v) is 6.02. The molecule has 1 aromatic heterocycles. The van der Waals surface area contributed by atoms with Crippen LogP contribution in [0.15, 0.2) is 42.5 Å². The summed E-state index contributed by atoms with van der Waals surface area (Å²) in [6, 6.07) is 14.3. The normalized spacial score (nSPS) is 10.8. The van der Waals surface area contributed by atoms with Crippen molar-refractivity contribution in [2.24, 2.45) is 5.73 Å². The minimum atomic E-state index is -0.437. The molecule has 0 unspecified atom stereocenters. The lowest BCUT2D eigenvalue weighted by Crippen LogP contribution is -2.13. The lowest BCUT2D eigenvalue weighted by Gasteiger charge is -2.17. The van der Waals surface area contributed by atoms with Gasteiger partial charge in [-0.1, -0.05) is 44.0 Å². The standard InChI is InChI=1S/C27H34N2O4/c1-6-7-8-9-19-10-12-21(13-11-19)23-16-22(27(28)30)18(2)29(23)17-20-14-24(31-3)26(33-5)25(15-20)32-4/h10-16H,6-9,17H2,1-5H3,(H2,28,30). The summed E-state index contributed by atoms with van der Waals surface area (Å²) >= 11 is 0. The van der Waals surface area contributed by atoms with Crippen molar-refractivity contribution in [1.29, 1.82) is 0 Å². The van der Waals surface area contributed by atoms with Crippen LogP contribution >= 0.6 is 0 Å². The molecule has 1 amide bonds. The molecule has 176 valence electrons. The molecule has 0 aliphatic carbocycles. The monoisotopic (exact) mass is 450 g/mol. The van der Waals surface area contributed by atoms with E-state index in [0.717, 1.165) is 28.9 Å². The zero-order valence-corrected chi connectivity index (χ0v) is 20.2. The fourth-order valence-electron chi connectivity index (χ4n) is 4.17. The summed E-state index contributed by atoms with van der Waals surface area (Å²) in [6.45, 7) is 4.65. The first-order valence-corrected chi connectivity index (χ1v) is 11.3. The highest BCUT2D eigenvalue weighted by atomic mass is 16.5. The third-order valence-electron chi connectivity index (χ3n) is 6.02. The SMILES string of the molecule is CCCCCc1ccc(-c2cc(C(N)=O)c(C)n2Cc2cc(OC)c(OC)c(OC)c2)cc1. The van der Waals surface area contributed by atoms with E-state index in [9.17, 15) is 4.79 Å². The van der Waals surface area contributed by atoms with Gasteiger partial charge in [-0.3, -0.25) is 4.79 Å². The molecule has 1 heterocycles. The van der Waals surface area contributed by atoms with Crippen LogP contribution in [0.5, 0.6) is 17.2 Å². The molecule has 0 radical (unpaired) electrons.